The summed E-state index contributed by atoms with van der Waals surface area (Å²) in [5.41, 5.74) is 0. The average molecular weight is 681 g/mol. The van der Waals surface area contributed by atoms with E-state index in [-0.39, 0.29) is 19.3 Å². The highest BCUT2D eigenvalue weighted by molar-refractivity contribution is 7.46. The summed E-state index contributed by atoms with van der Waals surface area (Å²) in [7, 11) is -4.80. The summed E-state index contributed by atoms with van der Waals surface area (Å²) in [6, 6.07) is 0. The van der Waals surface area contributed by atoms with Crippen LogP contribution in [0, 0.1) is 0 Å². The van der Waals surface area contributed by atoms with Gasteiger partial charge in [0, 0.05) is 12.8 Å². The van der Waals surface area contributed by atoms with Gasteiger partial charge in [-0.05, 0) is 44.9 Å². The minimum atomic E-state index is -4.80. The lowest BCUT2D eigenvalue weighted by molar-refractivity contribution is -0.161. The van der Waals surface area contributed by atoms with Crippen LogP contribution in [0.5, 0.6) is 0 Å². The van der Waals surface area contributed by atoms with Gasteiger partial charge in [-0.3, -0.25) is 14.1 Å². The fourth-order valence-corrected chi connectivity index (χ4v) is 4.61. The Kier molecular flexibility index (Phi) is 30.3. The van der Waals surface area contributed by atoms with E-state index >= 15 is 0 Å². The Morgan fingerprint density at radius 1 is 0.660 bits per heavy atom. The van der Waals surface area contributed by atoms with Gasteiger partial charge in [0.2, 0.25) is 0 Å². The minimum absolute atomic E-state index is 0.0877. The number of unbranched alkanes of at least 4 members (excludes halogenated alkanes) is 8. The molecular weight excluding hydrogens is 619 g/mol. The lowest BCUT2D eigenvalue weighted by Crippen LogP contribution is -2.29. The number of hydrogen-bond acceptors (Lipinski definition) is 7. The molecule has 0 heterocycles. The fourth-order valence-electron chi connectivity index (χ4n) is 4.25. The molecule has 0 aromatic carbocycles. The van der Waals surface area contributed by atoms with Crippen LogP contribution in [0.1, 0.15) is 123 Å². The Morgan fingerprint density at radius 2 is 1.19 bits per heavy atom. The van der Waals surface area contributed by atoms with Crippen molar-refractivity contribution in [2.75, 3.05) is 13.2 Å². The smallest absolute Gasteiger partial charge is 0.462 e. The molecule has 0 aliphatic heterocycles. The number of carbonyl (C=O) groups is 2. The van der Waals surface area contributed by atoms with Crippen LogP contribution < -0.4 is 0 Å². The number of rotatable bonds is 30. The first-order chi connectivity index (χ1) is 22.7. The molecule has 10 heteroatoms. The van der Waals surface area contributed by atoms with E-state index in [1.165, 1.54) is 32.1 Å². The van der Waals surface area contributed by atoms with Crippen molar-refractivity contribution >= 4 is 19.8 Å². The van der Waals surface area contributed by atoms with Gasteiger partial charge in [-0.2, -0.15) is 0 Å². The number of aliphatic hydroxyl groups is 1. The van der Waals surface area contributed by atoms with Gasteiger partial charge in [-0.1, -0.05) is 138 Å². The van der Waals surface area contributed by atoms with E-state index in [1.807, 2.05) is 12.2 Å². The summed E-state index contributed by atoms with van der Waals surface area (Å²) in [6.45, 7) is 3.29. The van der Waals surface area contributed by atoms with Crippen molar-refractivity contribution in [3.8, 4) is 0 Å². The SMILES string of the molecule is CC/C=C\C/C=C\C/C=C\C/C=C\C/C=C\C=C/C(O)CCC(=O)OC[C@H](COP(=O)(O)O)OC(=O)CCCCCCCCCCC. The van der Waals surface area contributed by atoms with Crippen molar-refractivity contribution in [1.82, 2.24) is 0 Å². The van der Waals surface area contributed by atoms with Gasteiger partial charge >= 0.3 is 19.8 Å². The number of carbonyl (C=O) groups excluding carboxylic acids is 2. The molecule has 0 radical (unpaired) electrons. The van der Waals surface area contributed by atoms with Crippen LogP contribution in [0.2, 0.25) is 0 Å². The van der Waals surface area contributed by atoms with Crippen LogP contribution in [-0.4, -0.2) is 52.3 Å². The Labute approximate surface area is 283 Å². The lowest BCUT2D eigenvalue weighted by atomic mass is 10.1. The first-order valence-electron chi connectivity index (χ1n) is 17.3. The van der Waals surface area contributed by atoms with Crippen LogP contribution in [0.4, 0.5) is 0 Å². The molecule has 0 aromatic rings. The van der Waals surface area contributed by atoms with Crippen LogP contribution in [0.25, 0.3) is 0 Å². The third-order valence-electron chi connectivity index (χ3n) is 6.86. The molecule has 0 amide bonds. The maximum Gasteiger partial charge on any atom is 0.469 e. The summed E-state index contributed by atoms with van der Waals surface area (Å²) in [5.74, 6) is -1.18. The van der Waals surface area contributed by atoms with E-state index in [0.29, 0.717) is 6.42 Å². The molecule has 2 atom stereocenters. The summed E-state index contributed by atoms with van der Waals surface area (Å²) in [4.78, 5) is 42.5. The lowest BCUT2D eigenvalue weighted by Gasteiger charge is -2.18. The Balaban J connectivity index is 4.27. The Morgan fingerprint density at radius 3 is 1.74 bits per heavy atom. The molecule has 0 spiro atoms. The average Bonchev–Trinajstić information content (AvgIpc) is 3.03. The van der Waals surface area contributed by atoms with E-state index in [1.54, 1.807) is 12.2 Å². The van der Waals surface area contributed by atoms with Crippen molar-refractivity contribution in [3.63, 3.8) is 0 Å². The normalized spacial score (nSPS) is 14.1. The van der Waals surface area contributed by atoms with E-state index < -0.39 is 45.2 Å². The quantitative estimate of drug-likeness (QED) is 0.0223. The molecule has 268 valence electrons. The zero-order chi connectivity index (χ0) is 34.9. The van der Waals surface area contributed by atoms with Gasteiger partial charge in [0.1, 0.15) is 6.61 Å². The first-order valence-corrected chi connectivity index (χ1v) is 18.9. The van der Waals surface area contributed by atoms with Crippen molar-refractivity contribution in [3.05, 3.63) is 72.9 Å². The standard InChI is InChI=1S/C37H61O9P/c1-3-5-7-9-11-13-14-15-16-17-18-19-21-22-24-26-28-34(38)30-31-36(39)44-32-35(33-45-47(41,42)43)46-37(40)29-27-25-23-20-12-10-8-6-4-2/h5,7,11,13,15-16,18-19,22,24,26,28,34-35,38H,3-4,6,8-10,12,14,17,20-21,23,25,27,29-33H2,1-2H3,(H2,41,42,43)/b7-5-,13-11-,16-15-,19-18-,24-22-,28-26-/t34?,35-/m1/s1. The van der Waals surface area contributed by atoms with Crippen LogP contribution in [0.15, 0.2) is 72.9 Å². The topological polar surface area (TPSA) is 140 Å². The monoisotopic (exact) mass is 680 g/mol. The van der Waals surface area contributed by atoms with Gasteiger partial charge in [0.05, 0.1) is 12.7 Å². The summed E-state index contributed by atoms with van der Waals surface area (Å²) >= 11 is 0. The molecule has 1 unspecified atom stereocenters. The zero-order valence-corrected chi connectivity index (χ0v) is 29.7. The molecule has 9 nitrogen and oxygen atoms in total. The highest BCUT2D eigenvalue weighted by Gasteiger charge is 2.23. The second kappa shape index (κ2) is 32.0. The highest BCUT2D eigenvalue weighted by Crippen LogP contribution is 2.35. The van der Waals surface area contributed by atoms with Crippen molar-refractivity contribution in [1.29, 1.82) is 0 Å². The van der Waals surface area contributed by atoms with E-state index in [9.17, 15) is 19.3 Å². The Hall–Kier alpha value is -2.55. The third-order valence-corrected chi connectivity index (χ3v) is 7.34. The van der Waals surface area contributed by atoms with Gasteiger partial charge in [-0.25, -0.2) is 4.57 Å². The minimum Gasteiger partial charge on any atom is -0.462 e. The second-order valence-corrected chi connectivity index (χ2v) is 12.6. The predicted octanol–water partition coefficient (Wildman–Crippen LogP) is 8.92. The van der Waals surface area contributed by atoms with E-state index in [2.05, 4.69) is 67.0 Å². The van der Waals surface area contributed by atoms with Gasteiger partial charge in [-0.15, -0.1) is 0 Å². The second-order valence-electron chi connectivity index (χ2n) is 11.3. The summed E-state index contributed by atoms with van der Waals surface area (Å²) in [6.07, 6.45) is 36.9. The summed E-state index contributed by atoms with van der Waals surface area (Å²) < 4.78 is 26.0. The number of phosphoric ester groups is 1. The molecule has 0 saturated carbocycles. The molecule has 0 saturated heterocycles. The van der Waals surface area contributed by atoms with Gasteiger partial charge in [0.15, 0.2) is 6.10 Å². The molecule has 0 rings (SSSR count). The molecular formula is C37H61O9P. The molecule has 47 heavy (non-hydrogen) atoms. The van der Waals surface area contributed by atoms with Gasteiger partial charge in [0.25, 0.3) is 0 Å². The molecule has 0 fully saturated rings. The molecule has 0 aromatic heterocycles. The molecule has 3 N–H and O–H groups in total. The zero-order valence-electron chi connectivity index (χ0n) is 28.8. The summed E-state index contributed by atoms with van der Waals surface area (Å²) in [5, 5.41) is 10.1. The maximum atomic E-state index is 12.3. The van der Waals surface area contributed by atoms with E-state index in [4.69, 9.17) is 19.3 Å². The van der Waals surface area contributed by atoms with Gasteiger partial charge < -0.3 is 24.4 Å². The Bertz CT molecular complexity index is 1010. The van der Waals surface area contributed by atoms with Crippen molar-refractivity contribution in [2.24, 2.45) is 0 Å². The van der Waals surface area contributed by atoms with Crippen LogP contribution >= 0.6 is 7.82 Å². The van der Waals surface area contributed by atoms with Crippen LogP contribution in [0.3, 0.4) is 0 Å². The van der Waals surface area contributed by atoms with Crippen molar-refractivity contribution < 1.29 is 43.0 Å². The first kappa shape index (κ1) is 44.5. The number of phosphoric acid groups is 1. The number of esters is 2. The highest BCUT2D eigenvalue weighted by atomic mass is 31.2. The molecule has 0 bridgehead atoms. The largest absolute Gasteiger partial charge is 0.469 e. The van der Waals surface area contributed by atoms with Crippen molar-refractivity contribution in [2.45, 2.75) is 135 Å². The van der Waals surface area contributed by atoms with Crippen LogP contribution in [-0.2, 0) is 28.2 Å². The fraction of sp³-hybridized carbons (Fsp3) is 0.622. The predicted molar refractivity (Wildman–Crippen MR) is 190 cm³/mol. The number of allylic oxidation sites excluding steroid dienone is 11. The number of hydrogen-bond donors (Lipinski definition) is 3. The molecule has 0 aliphatic rings. The number of aliphatic hydroxyl groups excluding tert-OH is 1. The maximum absolute atomic E-state index is 12.3. The molecule has 0 aliphatic carbocycles. The number of ether oxygens (including phenoxy) is 2. The third kappa shape index (κ3) is 34.6. The van der Waals surface area contributed by atoms with E-state index in [0.717, 1.165) is 51.4 Å².